The van der Waals surface area contributed by atoms with Gasteiger partial charge in [-0.15, -0.1) is 11.5 Å². The molecule has 1 aliphatic rings. The van der Waals surface area contributed by atoms with Crippen LogP contribution in [0.25, 0.3) is 0 Å². The van der Waals surface area contributed by atoms with Gasteiger partial charge in [-0.25, -0.2) is 0 Å². The van der Waals surface area contributed by atoms with Crippen LogP contribution in [-0.4, -0.2) is 19.6 Å². The Hall–Kier alpha value is 0.701. The number of esters is 1. The fraction of sp³-hybridized carbons (Fsp3) is 0.667. The molecule has 0 N–H and O–H groups in total. The standard InChI is InChI=1S/C9H13BF3O2.K/c1-2-15-9(14)8-4-3-7(5-8)6-10(11,12)13;/h6,8H,2-5H2,1H3;/q-1;+1/b7-6-;. The molecule has 0 aromatic carbocycles. The molecule has 1 aliphatic carbocycles. The third-order valence-corrected chi connectivity index (χ3v) is 2.37. The van der Waals surface area contributed by atoms with Gasteiger partial charge in [0.05, 0.1) is 12.5 Å². The molecule has 7 heteroatoms. The van der Waals surface area contributed by atoms with Crippen LogP contribution in [0, 0.1) is 5.92 Å². The molecule has 0 saturated heterocycles. The second-order valence-corrected chi connectivity index (χ2v) is 3.64. The summed E-state index contributed by atoms with van der Waals surface area (Å²) in [5.74, 6) is -0.399. The molecule has 0 aliphatic heterocycles. The van der Waals surface area contributed by atoms with Crippen LogP contribution in [0.2, 0.25) is 0 Å². The third kappa shape index (κ3) is 5.86. The smallest absolute Gasteiger partial charge is 0.466 e. The summed E-state index contributed by atoms with van der Waals surface area (Å²) in [6.07, 6.45) is 1.02. The molecule has 86 valence electrons. The van der Waals surface area contributed by atoms with E-state index in [1.54, 1.807) is 6.92 Å². The van der Waals surface area contributed by atoms with Crippen molar-refractivity contribution in [3.8, 4) is 0 Å². The van der Waals surface area contributed by atoms with Gasteiger partial charge in [0.1, 0.15) is 0 Å². The molecule has 1 unspecified atom stereocenters. The number of hydrogen-bond acceptors (Lipinski definition) is 2. The summed E-state index contributed by atoms with van der Waals surface area (Å²) in [5, 5.41) is 0. The molecule has 1 atom stereocenters. The predicted molar refractivity (Wildman–Crippen MR) is 51.1 cm³/mol. The number of carbonyl (C=O) groups excluding carboxylic acids is 1. The normalized spacial score (nSPS) is 23.0. The van der Waals surface area contributed by atoms with E-state index in [-0.39, 0.29) is 76.3 Å². The molecule has 16 heavy (non-hydrogen) atoms. The Bertz CT molecular complexity index is 278. The van der Waals surface area contributed by atoms with E-state index >= 15 is 0 Å². The second-order valence-electron chi connectivity index (χ2n) is 3.64. The summed E-state index contributed by atoms with van der Waals surface area (Å²) in [5.41, 5.74) is 0.320. The monoisotopic (exact) mass is 260 g/mol. The van der Waals surface area contributed by atoms with Gasteiger partial charge in [0.25, 0.3) is 0 Å². The number of hydrogen-bond donors (Lipinski definition) is 0. The van der Waals surface area contributed by atoms with Crippen LogP contribution in [0.5, 0.6) is 0 Å². The molecule has 0 amide bonds. The van der Waals surface area contributed by atoms with Gasteiger partial charge in [-0.05, 0) is 26.2 Å². The Labute approximate surface area is 135 Å². The number of ether oxygens (including phenoxy) is 1. The van der Waals surface area contributed by atoms with Gasteiger partial charge in [0.15, 0.2) is 0 Å². The number of halogens is 3. The molecule has 1 fully saturated rings. The predicted octanol–water partition coefficient (Wildman–Crippen LogP) is -0.333. The maximum atomic E-state index is 12.1. The zero-order valence-corrected chi connectivity index (χ0v) is 12.6. The van der Waals surface area contributed by atoms with Crippen molar-refractivity contribution in [2.75, 3.05) is 6.61 Å². The van der Waals surface area contributed by atoms with Crippen molar-refractivity contribution >= 4 is 12.9 Å². The van der Waals surface area contributed by atoms with Gasteiger partial charge in [0, 0.05) is 0 Å². The summed E-state index contributed by atoms with van der Waals surface area (Å²) >= 11 is 0. The first kappa shape index (κ1) is 16.7. The van der Waals surface area contributed by atoms with Crippen molar-refractivity contribution in [3.63, 3.8) is 0 Å². The molecule has 0 bridgehead atoms. The summed E-state index contributed by atoms with van der Waals surface area (Å²) < 4.78 is 40.9. The summed E-state index contributed by atoms with van der Waals surface area (Å²) in [7, 11) is 0. The van der Waals surface area contributed by atoms with Gasteiger partial charge in [-0.3, -0.25) is 4.79 Å². The van der Waals surface area contributed by atoms with Crippen LogP contribution in [0.15, 0.2) is 11.5 Å². The SMILES string of the molecule is CCOC(=O)C1CC/C(=C/[B-](F)(F)F)C1.[K+]. The molecule has 0 heterocycles. The average molecular weight is 260 g/mol. The fourth-order valence-electron chi connectivity index (χ4n) is 1.76. The van der Waals surface area contributed by atoms with E-state index in [9.17, 15) is 17.7 Å². The first-order valence-electron chi connectivity index (χ1n) is 4.99. The summed E-state index contributed by atoms with van der Waals surface area (Å²) in [6, 6.07) is 0. The van der Waals surface area contributed by atoms with Crippen molar-refractivity contribution in [2.24, 2.45) is 5.92 Å². The van der Waals surface area contributed by atoms with Gasteiger partial charge in [0.2, 0.25) is 0 Å². The Morgan fingerprint density at radius 1 is 1.56 bits per heavy atom. The molecular weight excluding hydrogens is 247 g/mol. The Balaban J connectivity index is 0.00000225. The van der Waals surface area contributed by atoms with E-state index < -0.39 is 6.98 Å². The second kappa shape index (κ2) is 7.21. The Kier molecular flexibility index (Phi) is 7.52. The van der Waals surface area contributed by atoms with E-state index in [1.807, 2.05) is 0 Å². The van der Waals surface area contributed by atoms with E-state index in [4.69, 9.17) is 4.74 Å². The Morgan fingerprint density at radius 3 is 2.69 bits per heavy atom. The van der Waals surface area contributed by atoms with Crippen LogP contribution in [0.4, 0.5) is 12.9 Å². The van der Waals surface area contributed by atoms with Crippen LogP contribution in [-0.2, 0) is 9.53 Å². The number of rotatable bonds is 3. The molecule has 0 aromatic rings. The van der Waals surface area contributed by atoms with E-state index in [2.05, 4.69) is 0 Å². The van der Waals surface area contributed by atoms with Gasteiger partial charge in [-0.1, -0.05) is 0 Å². The first-order chi connectivity index (χ1) is 6.92. The quantitative estimate of drug-likeness (QED) is 0.513. The van der Waals surface area contributed by atoms with Crippen molar-refractivity contribution in [3.05, 3.63) is 11.5 Å². The minimum absolute atomic E-state index is 0. The van der Waals surface area contributed by atoms with Crippen LogP contribution < -0.4 is 51.4 Å². The van der Waals surface area contributed by atoms with Crippen molar-refractivity contribution in [1.82, 2.24) is 0 Å². The van der Waals surface area contributed by atoms with Crippen molar-refractivity contribution < 1.29 is 73.9 Å². The maximum absolute atomic E-state index is 12.1. The molecule has 0 spiro atoms. The van der Waals surface area contributed by atoms with Gasteiger partial charge < -0.3 is 17.7 Å². The largest absolute Gasteiger partial charge is 1.00 e. The summed E-state index contributed by atoms with van der Waals surface area (Å²) in [6.45, 7) is -2.92. The third-order valence-electron chi connectivity index (χ3n) is 2.37. The molecule has 1 saturated carbocycles. The fourth-order valence-corrected chi connectivity index (χ4v) is 1.76. The van der Waals surface area contributed by atoms with Crippen molar-refractivity contribution in [2.45, 2.75) is 26.2 Å². The van der Waals surface area contributed by atoms with E-state index in [0.717, 1.165) is 0 Å². The van der Waals surface area contributed by atoms with E-state index in [1.165, 1.54) is 0 Å². The number of allylic oxidation sites excluding steroid dienone is 1. The van der Waals surface area contributed by atoms with Gasteiger partial charge in [-0.2, -0.15) is 0 Å². The van der Waals surface area contributed by atoms with Crippen LogP contribution in [0.1, 0.15) is 26.2 Å². The zero-order valence-electron chi connectivity index (χ0n) is 9.51. The van der Waals surface area contributed by atoms with Crippen molar-refractivity contribution in [1.29, 1.82) is 0 Å². The minimum atomic E-state index is -4.88. The van der Waals surface area contributed by atoms with Gasteiger partial charge >= 0.3 is 64.3 Å². The minimum Gasteiger partial charge on any atom is -0.466 e. The summed E-state index contributed by atoms with van der Waals surface area (Å²) in [4.78, 5) is 11.2. The molecule has 0 aromatic heterocycles. The van der Waals surface area contributed by atoms with Crippen LogP contribution in [0.3, 0.4) is 0 Å². The topological polar surface area (TPSA) is 26.3 Å². The molecule has 0 radical (unpaired) electrons. The van der Waals surface area contributed by atoms with Crippen LogP contribution >= 0.6 is 0 Å². The molecule has 1 rings (SSSR count). The number of carbonyl (C=O) groups is 1. The van der Waals surface area contributed by atoms with E-state index in [0.29, 0.717) is 24.4 Å². The molecule has 2 nitrogen and oxygen atoms in total. The maximum Gasteiger partial charge on any atom is 1.00 e. The zero-order chi connectivity index (χ0) is 11.5. The first-order valence-corrected chi connectivity index (χ1v) is 4.99. The average Bonchev–Trinajstić information content (AvgIpc) is 2.50. The Morgan fingerprint density at radius 2 is 2.19 bits per heavy atom. The molecular formula is C9H13BF3KO2.